The molecule has 1 amide bonds. The first kappa shape index (κ1) is 16.7. The van der Waals surface area contributed by atoms with Crippen molar-refractivity contribution < 1.29 is 4.79 Å². The number of amides is 1. The highest BCUT2D eigenvalue weighted by Gasteiger charge is 2.11. The number of nitrogens with one attached hydrogen (secondary N) is 1. The maximum Gasteiger partial charge on any atom is 0.246 e. The highest BCUT2D eigenvalue weighted by molar-refractivity contribution is 5.91. The molecule has 126 valence electrons. The lowest BCUT2D eigenvalue weighted by Gasteiger charge is -2.07. The molecule has 4 nitrogen and oxygen atoms in total. The van der Waals surface area contributed by atoms with Gasteiger partial charge in [0.2, 0.25) is 5.91 Å². The molecule has 0 saturated heterocycles. The predicted octanol–water partition coefficient (Wildman–Crippen LogP) is 3.66. The van der Waals surface area contributed by atoms with Gasteiger partial charge in [-0.25, -0.2) is 4.98 Å². The van der Waals surface area contributed by atoms with Crippen molar-refractivity contribution in [3.05, 3.63) is 96.1 Å². The zero-order chi connectivity index (χ0) is 17.6. The van der Waals surface area contributed by atoms with Crippen molar-refractivity contribution in [1.29, 1.82) is 0 Å². The molecule has 0 unspecified atom stereocenters. The van der Waals surface area contributed by atoms with Crippen molar-refractivity contribution in [3.8, 4) is 5.69 Å². The molecule has 0 aliphatic heterocycles. The second kappa shape index (κ2) is 7.62. The van der Waals surface area contributed by atoms with Gasteiger partial charge in [-0.3, -0.25) is 4.79 Å². The number of rotatable bonds is 6. The fourth-order valence-electron chi connectivity index (χ4n) is 2.59. The topological polar surface area (TPSA) is 46.9 Å². The van der Waals surface area contributed by atoms with Crippen LogP contribution in [0.15, 0.2) is 79.0 Å². The van der Waals surface area contributed by atoms with Crippen LogP contribution >= 0.6 is 0 Å². The van der Waals surface area contributed by atoms with Crippen LogP contribution in [0.3, 0.4) is 0 Å². The number of nitrogens with zero attached hydrogens (tertiary/aromatic N) is 2. The summed E-state index contributed by atoms with van der Waals surface area (Å²) in [6, 6.07) is 20.3. The Hall–Kier alpha value is -3.14. The van der Waals surface area contributed by atoms with Crippen LogP contribution in [0, 0.1) is 0 Å². The number of hydrogen-bond donors (Lipinski definition) is 1. The third-order valence-electron chi connectivity index (χ3n) is 3.89. The van der Waals surface area contributed by atoms with Crippen LogP contribution in [0.1, 0.15) is 24.0 Å². The summed E-state index contributed by atoms with van der Waals surface area (Å²) in [5.41, 5.74) is 3.57. The highest BCUT2D eigenvalue weighted by atomic mass is 16.1. The first-order chi connectivity index (χ1) is 12.1. The zero-order valence-electron chi connectivity index (χ0n) is 14.3. The van der Waals surface area contributed by atoms with Crippen LogP contribution in [-0.2, 0) is 17.8 Å². The van der Waals surface area contributed by atoms with Crippen LogP contribution in [0.4, 0.5) is 0 Å². The van der Waals surface area contributed by atoms with E-state index >= 15 is 0 Å². The Kier molecular flexibility index (Phi) is 5.09. The Morgan fingerprint density at radius 1 is 1.08 bits per heavy atom. The second-order valence-corrected chi connectivity index (χ2v) is 5.98. The number of aromatic nitrogens is 2. The van der Waals surface area contributed by atoms with E-state index in [1.165, 1.54) is 5.56 Å². The third kappa shape index (κ3) is 4.23. The maximum absolute atomic E-state index is 11.7. The number of benzene rings is 2. The minimum atomic E-state index is -0.154. The van der Waals surface area contributed by atoms with E-state index in [1.54, 1.807) is 6.92 Å². The van der Waals surface area contributed by atoms with Crippen molar-refractivity contribution in [2.45, 2.75) is 19.9 Å². The van der Waals surface area contributed by atoms with Gasteiger partial charge in [0.25, 0.3) is 0 Å². The van der Waals surface area contributed by atoms with E-state index in [0.29, 0.717) is 12.1 Å². The quantitative estimate of drug-likeness (QED) is 0.701. The summed E-state index contributed by atoms with van der Waals surface area (Å²) in [7, 11) is 0. The molecule has 0 aliphatic rings. The Bertz CT molecular complexity index is 867. The molecule has 1 N–H and O–H groups in total. The molecule has 1 aromatic heterocycles. The van der Waals surface area contributed by atoms with Crippen LogP contribution in [0.25, 0.3) is 5.69 Å². The van der Waals surface area contributed by atoms with E-state index in [-0.39, 0.29) is 5.91 Å². The first-order valence-electron chi connectivity index (χ1n) is 8.23. The van der Waals surface area contributed by atoms with Gasteiger partial charge >= 0.3 is 0 Å². The van der Waals surface area contributed by atoms with Gasteiger partial charge in [0, 0.05) is 23.9 Å². The summed E-state index contributed by atoms with van der Waals surface area (Å²) in [6.07, 6.45) is 2.70. The molecule has 0 spiro atoms. The van der Waals surface area contributed by atoms with Gasteiger partial charge in [0.05, 0.1) is 12.2 Å². The van der Waals surface area contributed by atoms with Gasteiger partial charge in [-0.15, -0.1) is 0 Å². The lowest BCUT2D eigenvalue weighted by molar-refractivity contribution is -0.117. The van der Waals surface area contributed by atoms with Gasteiger partial charge in [-0.2, -0.15) is 0 Å². The van der Waals surface area contributed by atoms with Crippen molar-refractivity contribution in [2.24, 2.45) is 0 Å². The monoisotopic (exact) mass is 331 g/mol. The Labute approximate surface area is 147 Å². The molecular formula is C21H21N3O. The molecule has 25 heavy (non-hydrogen) atoms. The van der Waals surface area contributed by atoms with E-state index in [0.717, 1.165) is 23.6 Å². The number of carbonyl (C=O) groups is 1. The number of para-hydroxylation sites is 1. The molecular weight excluding hydrogens is 310 g/mol. The number of hydrogen-bond acceptors (Lipinski definition) is 2. The van der Waals surface area contributed by atoms with E-state index in [2.05, 4.69) is 28.6 Å². The molecule has 0 atom stereocenters. The SMILES string of the molecule is C=C(C)C(=O)NCc1cn(-c2ccccc2)c(Cc2ccccc2)n1. The predicted molar refractivity (Wildman–Crippen MR) is 99.5 cm³/mol. The van der Waals surface area contributed by atoms with Crippen molar-refractivity contribution in [2.75, 3.05) is 0 Å². The van der Waals surface area contributed by atoms with Crippen LogP contribution in [0.5, 0.6) is 0 Å². The molecule has 0 radical (unpaired) electrons. The van der Waals surface area contributed by atoms with Gasteiger partial charge in [0.15, 0.2) is 0 Å². The van der Waals surface area contributed by atoms with Gasteiger partial charge in [-0.1, -0.05) is 55.1 Å². The Morgan fingerprint density at radius 3 is 2.36 bits per heavy atom. The van der Waals surface area contributed by atoms with Crippen LogP contribution < -0.4 is 5.32 Å². The van der Waals surface area contributed by atoms with E-state index in [9.17, 15) is 4.79 Å². The van der Waals surface area contributed by atoms with E-state index in [1.807, 2.05) is 54.7 Å². The van der Waals surface area contributed by atoms with Gasteiger partial charge in [0.1, 0.15) is 5.82 Å². The molecule has 0 fully saturated rings. The van der Waals surface area contributed by atoms with E-state index < -0.39 is 0 Å². The average Bonchev–Trinajstić information content (AvgIpc) is 3.04. The fourth-order valence-corrected chi connectivity index (χ4v) is 2.59. The Morgan fingerprint density at radius 2 is 1.72 bits per heavy atom. The number of imidazole rings is 1. The molecule has 0 saturated carbocycles. The maximum atomic E-state index is 11.7. The lowest BCUT2D eigenvalue weighted by Crippen LogP contribution is -2.23. The van der Waals surface area contributed by atoms with E-state index in [4.69, 9.17) is 4.98 Å². The van der Waals surface area contributed by atoms with Crippen LogP contribution in [0.2, 0.25) is 0 Å². The summed E-state index contributed by atoms with van der Waals surface area (Å²) >= 11 is 0. The summed E-state index contributed by atoms with van der Waals surface area (Å²) < 4.78 is 2.08. The average molecular weight is 331 g/mol. The van der Waals surface area contributed by atoms with Crippen molar-refractivity contribution in [1.82, 2.24) is 14.9 Å². The summed E-state index contributed by atoms with van der Waals surface area (Å²) in [4.78, 5) is 16.5. The molecule has 2 aromatic carbocycles. The Balaban J connectivity index is 1.88. The third-order valence-corrected chi connectivity index (χ3v) is 3.89. The molecule has 1 heterocycles. The molecule has 0 bridgehead atoms. The summed E-state index contributed by atoms with van der Waals surface area (Å²) in [6.45, 7) is 5.73. The fraction of sp³-hybridized carbons (Fsp3) is 0.143. The summed E-state index contributed by atoms with van der Waals surface area (Å²) in [5, 5.41) is 2.84. The van der Waals surface area contributed by atoms with Crippen LogP contribution in [-0.4, -0.2) is 15.5 Å². The van der Waals surface area contributed by atoms with Crippen molar-refractivity contribution in [3.63, 3.8) is 0 Å². The number of carbonyl (C=O) groups excluding carboxylic acids is 1. The molecule has 0 aliphatic carbocycles. The smallest absolute Gasteiger partial charge is 0.246 e. The zero-order valence-corrected chi connectivity index (χ0v) is 14.3. The largest absolute Gasteiger partial charge is 0.347 e. The molecule has 3 aromatic rings. The normalized spacial score (nSPS) is 10.4. The minimum absolute atomic E-state index is 0.154. The molecule has 4 heteroatoms. The standard InChI is InChI=1S/C21H21N3O/c1-16(2)21(25)22-14-18-15-24(19-11-7-4-8-12-19)20(23-18)13-17-9-5-3-6-10-17/h3-12,15H,1,13-14H2,2H3,(H,22,25). The minimum Gasteiger partial charge on any atom is -0.347 e. The van der Waals surface area contributed by atoms with Crippen molar-refractivity contribution >= 4 is 5.91 Å². The summed E-state index contributed by atoms with van der Waals surface area (Å²) in [5.74, 6) is 0.788. The highest BCUT2D eigenvalue weighted by Crippen LogP contribution is 2.16. The lowest BCUT2D eigenvalue weighted by atomic mass is 10.1. The van der Waals surface area contributed by atoms with Gasteiger partial charge in [-0.05, 0) is 24.6 Å². The van der Waals surface area contributed by atoms with Gasteiger partial charge < -0.3 is 9.88 Å². The molecule has 3 rings (SSSR count). The first-order valence-corrected chi connectivity index (χ1v) is 8.23. The second-order valence-electron chi connectivity index (χ2n) is 5.98.